The molecule has 1 saturated heterocycles. The lowest BCUT2D eigenvalue weighted by Gasteiger charge is -2.24. The van der Waals surface area contributed by atoms with Crippen LogP contribution in [-0.4, -0.2) is 36.5 Å². The van der Waals surface area contributed by atoms with E-state index >= 15 is 0 Å². The van der Waals surface area contributed by atoms with Crippen LogP contribution >= 0.6 is 12.6 Å². The number of fused-ring (bicyclic) bond motifs is 1. The van der Waals surface area contributed by atoms with Gasteiger partial charge in [0.1, 0.15) is 5.82 Å². The van der Waals surface area contributed by atoms with Crippen LogP contribution < -0.4 is 5.32 Å². The average Bonchev–Trinajstić information content (AvgIpc) is 3.21. The predicted molar refractivity (Wildman–Crippen MR) is 126 cm³/mol. The Labute approximate surface area is 201 Å². The summed E-state index contributed by atoms with van der Waals surface area (Å²) in [4.78, 5) is 12.5. The summed E-state index contributed by atoms with van der Waals surface area (Å²) in [5.74, 6) is -4.03. The smallest absolute Gasteiger partial charge is 0.243 e. The molecular weight excluding hydrogens is 485 g/mol. The molecule has 1 amide bonds. The third-order valence-corrected chi connectivity index (χ3v) is 8.26. The number of benzene rings is 3. The first kappa shape index (κ1) is 24.6. The Bertz CT molecular complexity index is 1330. The molecule has 0 bridgehead atoms. The van der Waals surface area contributed by atoms with E-state index in [2.05, 4.69) is 17.9 Å². The van der Waals surface area contributed by atoms with E-state index in [1.807, 2.05) is 24.3 Å². The SMILES string of the molecule is O=C(CCC1CC(S)CN1S(=O)(=O)c1ccc2ccccc2c1)NCc1c(F)ccc(F)c1F. The summed E-state index contributed by atoms with van der Waals surface area (Å²) in [7, 11) is -3.82. The number of halogens is 3. The zero-order valence-corrected chi connectivity index (χ0v) is 19.8. The van der Waals surface area contributed by atoms with E-state index < -0.39 is 51.5 Å². The molecule has 0 radical (unpaired) electrons. The van der Waals surface area contributed by atoms with Crippen molar-refractivity contribution in [2.75, 3.05) is 6.54 Å². The van der Waals surface area contributed by atoms with Crippen LogP contribution in [-0.2, 0) is 21.4 Å². The molecule has 1 N–H and O–H groups in total. The van der Waals surface area contributed by atoms with Crippen molar-refractivity contribution in [1.82, 2.24) is 9.62 Å². The van der Waals surface area contributed by atoms with Gasteiger partial charge in [-0.25, -0.2) is 21.6 Å². The minimum absolute atomic E-state index is 0.0620. The standard InChI is InChI=1S/C24H23F3N2O3S2/c25-21-8-9-22(26)24(27)20(21)13-28-23(30)10-6-17-12-18(33)14-29(17)34(31,32)19-7-5-15-3-1-2-4-16(15)11-19/h1-5,7-9,11,17-18,33H,6,10,12-14H2,(H,28,30). The van der Waals surface area contributed by atoms with Crippen molar-refractivity contribution in [3.63, 3.8) is 0 Å². The van der Waals surface area contributed by atoms with Crippen molar-refractivity contribution >= 4 is 39.3 Å². The Balaban J connectivity index is 1.43. The van der Waals surface area contributed by atoms with Crippen LogP contribution in [0.15, 0.2) is 59.5 Å². The molecule has 1 fully saturated rings. The number of carbonyl (C=O) groups excluding carboxylic acids is 1. The third-order valence-electron chi connectivity index (χ3n) is 5.98. The number of amides is 1. The van der Waals surface area contributed by atoms with Crippen LogP contribution in [0.3, 0.4) is 0 Å². The average molecular weight is 509 g/mol. The molecule has 1 aliphatic heterocycles. The number of carbonyl (C=O) groups is 1. The van der Waals surface area contributed by atoms with Gasteiger partial charge in [-0.2, -0.15) is 16.9 Å². The maximum Gasteiger partial charge on any atom is 0.243 e. The Morgan fingerprint density at radius 2 is 1.74 bits per heavy atom. The highest BCUT2D eigenvalue weighted by Crippen LogP contribution is 2.32. The van der Waals surface area contributed by atoms with Gasteiger partial charge in [-0.3, -0.25) is 4.79 Å². The molecule has 0 saturated carbocycles. The molecule has 1 heterocycles. The van der Waals surface area contributed by atoms with Crippen LogP contribution in [0.2, 0.25) is 0 Å². The monoisotopic (exact) mass is 508 g/mol. The molecule has 2 unspecified atom stereocenters. The van der Waals surface area contributed by atoms with Crippen LogP contribution in [0.5, 0.6) is 0 Å². The Morgan fingerprint density at radius 1 is 1.03 bits per heavy atom. The van der Waals surface area contributed by atoms with E-state index in [0.29, 0.717) is 12.5 Å². The zero-order chi connectivity index (χ0) is 24.5. The first-order valence-corrected chi connectivity index (χ1v) is 12.7. The maximum absolute atomic E-state index is 13.8. The van der Waals surface area contributed by atoms with Crippen LogP contribution in [0.4, 0.5) is 13.2 Å². The number of sulfonamides is 1. The van der Waals surface area contributed by atoms with Crippen molar-refractivity contribution in [1.29, 1.82) is 0 Å². The van der Waals surface area contributed by atoms with Crippen molar-refractivity contribution in [2.45, 2.75) is 42.0 Å². The van der Waals surface area contributed by atoms with Crippen LogP contribution in [0, 0.1) is 17.5 Å². The maximum atomic E-state index is 13.8. The zero-order valence-electron chi connectivity index (χ0n) is 18.0. The molecule has 4 rings (SSSR count). The minimum atomic E-state index is -3.82. The predicted octanol–water partition coefficient (Wildman–Crippen LogP) is 4.42. The van der Waals surface area contributed by atoms with E-state index in [0.717, 1.165) is 16.8 Å². The number of nitrogens with one attached hydrogen (secondary N) is 1. The van der Waals surface area contributed by atoms with E-state index in [-0.39, 0.29) is 29.5 Å². The number of thiol groups is 1. The molecular formula is C24H23F3N2O3S2. The van der Waals surface area contributed by atoms with E-state index in [1.54, 1.807) is 18.2 Å². The lowest BCUT2D eigenvalue weighted by atomic mass is 10.1. The van der Waals surface area contributed by atoms with Gasteiger partial charge < -0.3 is 5.32 Å². The molecule has 180 valence electrons. The highest BCUT2D eigenvalue weighted by Gasteiger charge is 2.39. The third kappa shape index (κ3) is 5.08. The fraction of sp³-hybridized carbons (Fsp3) is 0.292. The highest BCUT2D eigenvalue weighted by molar-refractivity contribution is 7.89. The quantitative estimate of drug-likeness (QED) is 0.367. The molecule has 1 aliphatic rings. The number of rotatable bonds is 7. The summed E-state index contributed by atoms with van der Waals surface area (Å²) >= 11 is 4.45. The molecule has 0 spiro atoms. The minimum Gasteiger partial charge on any atom is -0.352 e. The number of nitrogens with zero attached hydrogens (tertiary/aromatic N) is 1. The van der Waals surface area contributed by atoms with Crippen LogP contribution in [0.1, 0.15) is 24.8 Å². The first-order chi connectivity index (χ1) is 16.2. The van der Waals surface area contributed by atoms with Crippen LogP contribution in [0.25, 0.3) is 10.8 Å². The summed E-state index contributed by atoms with van der Waals surface area (Å²) in [5.41, 5.74) is -0.565. The Morgan fingerprint density at radius 3 is 2.50 bits per heavy atom. The van der Waals surface area contributed by atoms with E-state index in [1.165, 1.54) is 4.31 Å². The summed E-state index contributed by atoms with van der Waals surface area (Å²) in [6, 6.07) is 13.4. The van der Waals surface area contributed by atoms with Crippen molar-refractivity contribution < 1.29 is 26.4 Å². The van der Waals surface area contributed by atoms with Gasteiger partial charge in [-0.05, 0) is 47.9 Å². The van der Waals surface area contributed by atoms with Crippen molar-refractivity contribution in [2.24, 2.45) is 0 Å². The largest absolute Gasteiger partial charge is 0.352 e. The van der Waals surface area contributed by atoms with Gasteiger partial charge in [0.2, 0.25) is 15.9 Å². The highest BCUT2D eigenvalue weighted by atomic mass is 32.2. The van der Waals surface area contributed by atoms with Gasteiger partial charge in [0.15, 0.2) is 11.6 Å². The summed E-state index contributed by atoms with van der Waals surface area (Å²) < 4.78 is 69.0. The van der Waals surface area contributed by atoms with Crippen molar-refractivity contribution in [3.8, 4) is 0 Å². The van der Waals surface area contributed by atoms with Gasteiger partial charge in [0.25, 0.3) is 0 Å². The fourth-order valence-corrected chi connectivity index (χ4v) is 6.46. The molecule has 0 aromatic heterocycles. The van der Waals surface area contributed by atoms with E-state index in [9.17, 15) is 26.4 Å². The molecule has 34 heavy (non-hydrogen) atoms. The molecule has 3 aromatic rings. The topological polar surface area (TPSA) is 66.5 Å². The van der Waals surface area contributed by atoms with Gasteiger partial charge in [0, 0.05) is 36.4 Å². The second-order valence-electron chi connectivity index (χ2n) is 8.26. The van der Waals surface area contributed by atoms with Crippen molar-refractivity contribution in [3.05, 3.63) is 77.6 Å². The van der Waals surface area contributed by atoms with E-state index in [4.69, 9.17) is 0 Å². The second kappa shape index (κ2) is 9.97. The second-order valence-corrected chi connectivity index (χ2v) is 10.9. The number of hydrogen-bond acceptors (Lipinski definition) is 4. The summed E-state index contributed by atoms with van der Waals surface area (Å²) in [5, 5.41) is 3.92. The molecule has 10 heteroatoms. The van der Waals surface area contributed by atoms with Gasteiger partial charge in [-0.15, -0.1) is 0 Å². The molecule has 2 atom stereocenters. The molecule has 5 nitrogen and oxygen atoms in total. The molecule has 3 aromatic carbocycles. The molecule has 0 aliphatic carbocycles. The Kier molecular flexibility index (Phi) is 7.20. The summed E-state index contributed by atoms with van der Waals surface area (Å²) in [6.45, 7) is -0.294. The van der Waals surface area contributed by atoms with Gasteiger partial charge >= 0.3 is 0 Å². The lowest BCUT2D eigenvalue weighted by Crippen LogP contribution is -2.36. The normalized spacial score (nSPS) is 18.9. The fourth-order valence-electron chi connectivity index (χ4n) is 4.19. The first-order valence-electron chi connectivity index (χ1n) is 10.7. The number of hydrogen-bond donors (Lipinski definition) is 2. The summed E-state index contributed by atoms with van der Waals surface area (Å²) in [6.07, 6.45) is 0.619. The lowest BCUT2D eigenvalue weighted by molar-refractivity contribution is -0.121. The Hall–Kier alpha value is -2.56. The van der Waals surface area contributed by atoms with Gasteiger partial charge in [0.05, 0.1) is 4.90 Å². The van der Waals surface area contributed by atoms with Gasteiger partial charge in [-0.1, -0.05) is 30.3 Å².